The van der Waals surface area contributed by atoms with Crippen LogP contribution in [0.5, 0.6) is 0 Å². The number of benzene rings is 1. The highest BCUT2D eigenvalue weighted by Gasteiger charge is 2.13. The zero-order valence-corrected chi connectivity index (χ0v) is 12.4. The molecule has 1 atom stereocenters. The van der Waals surface area contributed by atoms with Crippen LogP contribution in [0.25, 0.3) is 5.69 Å². The third-order valence-electron chi connectivity index (χ3n) is 2.99. The number of halogens is 1. The van der Waals surface area contributed by atoms with E-state index >= 15 is 0 Å². The van der Waals surface area contributed by atoms with Crippen LogP contribution in [0.4, 0.5) is 5.69 Å². The van der Waals surface area contributed by atoms with Crippen molar-refractivity contribution >= 4 is 28.6 Å². The second kappa shape index (κ2) is 5.64. The molecule has 0 radical (unpaired) electrons. The fourth-order valence-corrected chi connectivity index (χ4v) is 2.92. The van der Waals surface area contributed by atoms with Gasteiger partial charge in [0.2, 0.25) is 0 Å². The molecule has 1 unspecified atom stereocenters. The molecule has 1 N–H and O–H groups in total. The lowest BCUT2D eigenvalue weighted by Crippen LogP contribution is -2.10. The van der Waals surface area contributed by atoms with E-state index in [-0.39, 0.29) is 6.04 Å². The summed E-state index contributed by atoms with van der Waals surface area (Å²) in [6.45, 7) is 2.07. The highest BCUT2D eigenvalue weighted by Crippen LogP contribution is 2.30. The monoisotopic (exact) mass is 304 g/mol. The fourth-order valence-electron chi connectivity index (χ4n) is 2.01. The van der Waals surface area contributed by atoms with E-state index in [1.165, 1.54) is 0 Å². The van der Waals surface area contributed by atoms with Crippen LogP contribution < -0.4 is 5.32 Å². The quantitative estimate of drug-likeness (QED) is 0.787. The van der Waals surface area contributed by atoms with Crippen molar-refractivity contribution in [1.82, 2.24) is 14.8 Å². The predicted molar refractivity (Wildman–Crippen MR) is 82.7 cm³/mol. The van der Waals surface area contributed by atoms with Gasteiger partial charge in [-0.15, -0.1) is 11.3 Å². The van der Waals surface area contributed by atoms with Gasteiger partial charge in [0.25, 0.3) is 0 Å². The summed E-state index contributed by atoms with van der Waals surface area (Å²) in [5, 5.41) is 10.4. The van der Waals surface area contributed by atoms with E-state index in [4.69, 9.17) is 11.6 Å². The highest BCUT2D eigenvalue weighted by atomic mass is 35.5. The number of hydrogen-bond donors (Lipinski definition) is 1. The van der Waals surface area contributed by atoms with E-state index < -0.39 is 0 Å². The maximum absolute atomic E-state index is 6.31. The first kappa shape index (κ1) is 13.1. The number of nitrogens with one attached hydrogen (secondary N) is 1. The molecular weight excluding hydrogens is 292 g/mol. The summed E-state index contributed by atoms with van der Waals surface area (Å²) in [7, 11) is 0. The molecule has 0 bridgehead atoms. The van der Waals surface area contributed by atoms with Crippen molar-refractivity contribution in [1.29, 1.82) is 0 Å². The van der Waals surface area contributed by atoms with Crippen LogP contribution in [0.3, 0.4) is 0 Å². The van der Waals surface area contributed by atoms with Crippen molar-refractivity contribution in [2.75, 3.05) is 5.32 Å². The van der Waals surface area contributed by atoms with Crippen molar-refractivity contribution in [2.45, 2.75) is 13.0 Å². The Balaban J connectivity index is 1.96. The van der Waals surface area contributed by atoms with Crippen LogP contribution in [0.1, 0.15) is 18.7 Å². The Hall–Kier alpha value is -1.85. The van der Waals surface area contributed by atoms with E-state index in [0.717, 1.165) is 17.1 Å². The highest BCUT2D eigenvalue weighted by molar-refractivity contribution is 7.07. The van der Waals surface area contributed by atoms with Gasteiger partial charge in [-0.05, 0) is 25.1 Å². The number of thiazole rings is 1. The normalized spacial score (nSPS) is 12.3. The molecule has 20 heavy (non-hydrogen) atoms. The van der Waals surface area contributed by atoms with Gasteiger partial charge in [0.05, 0.1) is 28.0 Å². The topological polar surface area (TPSA) is 42.7 Å². The molecule has 0 spiro atoms. The van der Waals surface area contributed by atoms with Crippen LogP contribution in [0.15, 0.2) is 47.5 Å². The van der Waals surface area contributed by atoms with Gasteiger partial charge >= 0.3 is 0 Å². The average Bonchev–Trinajstić information content (AvgIpc) is 3.12. The molecule has 0 saturated carbocycles. The minimum Gasteiger partial charge on any atom is -0.375 e. The molecule has 0 saturated heterocycles. The Kier molecular flexibility index (Phi) is 3.71. The largest absolute Gasteiger partial charge is 0.375 e. The summed E-state index contributed by atoms with van der Waals surface area (Å²) in [5.74, 6) is 0. The Morgan fingerprint density at radius 3 is 2.95 bits per heavy atom. The smallest absolute Gasteiger partial charge is 0.106 e. The molecule has 1 aromatic carbocycles. The number of nitrogens with zero attached hydrogens (tertiary/aromatic N) is 3. The lowest BCUT2D eigenvalue weighted by atomic mass is 10.2. The van der Waals surface area contributed by atoms with Crippen LogP contribution >= 0.6 is 22.9 Å². The summed E-state index contributed by atoms with van der Waals surface area (Å²) >= 11 is 7.90. The molecule has 0 fully saturated rings. The maximum atomic E-state index is 6.31. The van der Waals surface area contributed by atoms with Crippen molar-refractivity contribution in [2.24, 2.45) is 0 Å². The fraction of sp³-hybridized carbons (Fsp3) is 0.143. The van der Waals surface area contributed by atoms with Gasteiger partial charge < -0.3 is 5.32 Å². The molecule has 0 aliphatic carbocycles. The standard InChI is InChI=1S/C14H13ClN4S/c1-10(13-8-20-9-16-13)18-12-5-2-4-11(15)14(12)19-7-3-6-17-19/h2-10,18H,1H3. The first-order valence-electron chi connectivity index (χ1n) is 6.19. The van der Waals surface area contributed by atoms with Gasteiger partial charge in [0, 0.05) is 17.8 Å². The molecule has 102 valence electrons. The zero-order valence-electron chi connectivity index (χ0n) is 10.8. The van der Waals surface area contributed by atoms with Crippen molar-refractivity contribution in [3.8, 4) is 5.69 Å². The maximum Gasteiger partial charge on any atom is 0.106 e. The van der Waals surface area contributed by atoms with E-state index in [1.807, 2.05) is 41.4 Å². The summed E-state index contributed by atoms with van der Waals surface area (Å²) in [4.78, 5) is 4.33. The predicted octanol–water partition coefficient (Wildman–Crippen LogP) is 4.16. The minimum absolute atomic E-state index is 0.106. The van der Waals surface area contributed by atoms with E-state index in [9.17, 15) is 0 Å². The SMILES string of the molecule is CC(Nc1cccc(Cl)c1-n1cccn1)c1cscn1. The number of rotatable bonds is 4. The summed E-state index contributed by atoms with van der Waals surface area (Å²) < 4.78 is 1.76. The summed E-state index contributed by atoms with van der Waals surface area (Å²) in [5.41, 5.74) is 4.63. The summed E-state index contributed by atoms with van der Waals surface area (Å²) in [6.07, 6.45) is 3.61. The van der Waals surface area contributed by atoms with E-state index in [0.29, 0.717) is 5.02 Å². The molecule has 2 heterocycles. The van der Waals surface area contributed by atoms with Crippen molar-refractivity contribution < 1.29 is 0 Å². The van der Waals surface area contributed by atoms with Gasteiger partial charge in [0.15, 0.2) is 0 Å². The molecular formula is C14H13ClN4S. The Morgan fingerprint density at radius 1 is 1.35 bits per heavy atom. The number of hydrogen-bond acceptors (Lipinski definition) is 4. The second-order valence-corrected chi connectivity index (χ2v) is 5.49. The van der Waals surface area contributed by atoms with Gasteiger partial charge in [0.1, 0.15) is 5.69 Å². The first-order chi connectivity index (χ1) is 9.75. The van der Waals surface area contributed by atoms with Crippen LogP contribution in [0, 0.1) is 0 Å². The zero-order chi connectivity index (χ0) is 13.9. The van der Waals surface area contributed by atoms with Crippen LogP contribution in [-0.4, -0.2) is 14.8 Å². The van der Waals surface area contributed by atoms with Gasteiger partial charge in [-0.25, -0.2) is 9.67 Å². The lowest BCUT2D eigenvalue weighted by Gasteiger charge is -2.17. The summed E-state index contributed by atoms with van der Waals surface area (Å²) in [6, 6.07) is 7.75. The molecule has 4 nitrogen and oxygen atoms in total. The first-order valence-corrected chi connectivity index (χ1v) is 7.51. The molecule has 3 rings (SSSR count). The molecule has 0 amide bonds. The molecule has 6 heteroatoms. The molecule has 0 aliphatic rings. The Morgan fingerprint density at radius 2 is 2.25 bits per heavy atom. The Bertz CT molecular complexity index is 679. The number of para-hydroxylation sites is 1. The number of aromatic nitrogens is 3. The third kappa shape index (κ3) is 2.55. The Labute approximate surface area is 126 Å². The van der Waals surface area contributed by atoms with Crippen LogP contribution in [-0.2, 0) is 0 Å². The van der Waals surface area contributed by atoms with Crippen LogP contribution in [0.2, 0.25) is 5.02 Å². The third-order valence-corrected chi connectivity index (χ3v) is 3.90. The van der Waals surface area contributed by atoms with Gasteiger partial charge in [-0.1, -0.05) is 17.7 Å². The van der Waals surface area contributed by atoms with E-state index in [2.05, 4.69) is 22.3 Å². The molecule has 3 aromatic rings. The average molecular weight is 305 g/mol. The van der Waals surface area contributed by atoms with Gasteiger partial charge in [-0.3, -0.25) is 0 Å². The van der Waals surface area contributed by atoms with Crippen molar-refractivity contribution in [3.63, 3.8) is 0 Å². The van der Waals surface area contributed by atoms with Gasteiger partial charge in [-0.2, -0.15) is 5.10 Å². The van der Waals surface area contributed by atoms with E-state index in [1.54, 1.807) is 22.2 Å². The van der Waals surface area contributed by atoms with Crippen molar-refractivity contribution in [3.05, 3.63) is 58.3 Å². The molecule has 2 aromatic heterocycles. The molecule has 0 aliphatic heterocycles. The second-order valence-electron chi connectivity index (χ2n) is 4.37. The number of anilines is 1. The minimum atomic E-state index is 0.106. The lowest BCUT2D eigenvalue weighted by molar-refractivity contribution is 0.834.